The Morgan fingerprint density at radius 1 is 1.21 bits per heavy atom. The molecule has 0 aromatic heterocycles. The summed E-state index contributed by atoms with van der Waals surface area (Å²) in [6.45, 7) is 5.98. The van der Waals surface area contributed by atoms with Crippen molar-refractivity contribution >= 4 is 41.8 Å². The zero-order valence-corrected chi connectivity index (χ0v) is 17.2. The summed E-state index contributed by atoms with van der Waals surface area (Å²) in [7, 11) is 0. The van der Waals surface area contributed by atoms with Crippen LogP contribution in [-0.4, -0.2) is 48.3 Å². The first kappa shape index (κ1) is 21.2. The number of aliphatic imine (C=N–C) groups is 1. The van der Waals surface area contributed by atoms with Crippen LogP contribution in [0.15, 0.2) is 4.99 Å². The molecule has 2 atom stereocenters. The molecule has 0 radical (unpaired) electrons. The van der Waals surface area contributed by atoms with Gasteiger partial charge in [-0.1, -0.05) is 19.8 Å². The second-order valence-electron chi connectivity index (χ2n) is 6.67. The minimum Gasteiger partial charge on any atom is -0.357 e. The van der Waals surface area contributed by atoms with Crippen LogP contribution >= 0.6 is 24.0 Å². The number of guanidine groups is 1. The van der Waals surface area contributed by atoms with E-state index in [1.807, 2.05) is 6.92 Å². The topological polar surface area (TPSA) is 73.8 Å². The molecule has 6 nitrogen and oxygen atoms in total. The third kappa shape index (κ3) is 6.57. The number of halogens is 1. The highest BCUT2D eigenvalue weighted by atomic mass is 127. The van der Waals surface area contributed by atoms with Crippen molar-refractivity contribution < 1.29 is 9.59 Å². The Morgan fingerprint density at radius 3 is 2.54 bits per heavy atom. The Morgan fingerprint density at radius 2 is 1.92 bits per heavy atom. The number of imide groups is 1. The fraction of sp³-hybridized carbons (Fsp3) is 0.824. The largest absolute Gasteiger partial charge is 0.357 e. The normalized spacial score (nSPS) is 25.2. The Balaban J connectivity index is 0.00000288. The monoisotopic (exact) mass is 450 g/mol. The van der Waals surface area contributed by atoms with Gasteiger partial charge < -0.3 is 10.6 Å². The van der Waals surface area contributed by atoms with Gasteiger partial charge in [0.2, 0.25) is 11.8 Å². The standard InChI is InChI=1S/C17H30N4O2.HI/c1-3-18-17(20-14-7-4-6-13(2)12-14)19-10-11-21-15(22)8-5-9-16(21)23;/h13-14H,3-12H2,1-2H3,(H2,18,19,20);1H. The van der Waals surface area contributed by atoms with Crippen LogP contribution in [0.25, 0.3) is 0 Å². The van der Waals surface area contributed by atoms with Gasteiger partial charge in [-0.25, -0.2) is 0 Å². The minimum absolute atomic E-state index is 0. The summed E-state index contributed by atoms with van der Waals surface area (Å²) in [5.74, 6) is 1.43. The third-order valence-electron chi connectivity index (χ3n) is 4.60. The Labute approximate surface area is 162 Å². The van der Waals surface area contributed by atoms with Crippen LogP contribution in [0.3, 0.4) is 0 Å². The number of nitrogens with one attached hydrogen (secondary N) is 2. The molecule has 1 aliphatic carbocycles. The molecule has 2 rings (SSSR count). The van der Waals surface area contributed by atoms with Gasteiger partial charge in [-0.3, -0.25) is 19.5 Å². The van der Waals surface area contributed by atoms with Crippen LogP contribution < -0.4 is 10.6 Å². The van der Waals surface area contributed by atoms with Gasteiger partial charge in [0.25, 0.3) is 0 Å². The molecule has 24 heavy (non-hydrogen) atoms. The summed E-state index contributed by atoms with van der Waals surface area (Å²) >= 11 is 0. The second-order valence-corrected chi connectivity index (χ2v) is 6.67. The predicted molar refractivity (Wildman–Crippen MR) is 107 cm³/mol. The maximum Gasteiger partial charge on any atom is 0.229 e. The van der Waals surface area contributed by atoms with Crippen LogP contribution in [0.2, 0.25) is 0 Å². The van der Waals surface area contributed by atoms with Crippen LogP contribution in [-0.2, 0) is 9.59 Å². The highest BCUT2D eigenvalue weighted by Gasteiger charge is 2.25. The smallest absolute Gasteiger partial charge is 0.229 e. The lowest BCUT2D eigenvalue weighted by molar-refractivity contribution is -0.147. The van der Waals surface area contributed by atoms with Gasteiger partial charge in [-0.05, 0) is 32.1 Å². The number of nitrogens with zero attached hydrogens (tertiary/aromatic N) is 2. The third-order valence-corrected chi connectivity index (χ3v) is 4.60. The number of piperidine rings is 1. The number of rotatable bonds is 5. The lowest BCUT2D eigenvalue weighted by Gasteiger charge is -2.29. The zero-order valence-electron chi connectivity index (χ0n) is 14.8. The quantitative estimate of drug-likeness (QED) is 0.292. The molecule has 0 bridgehead atoms. The van der Waals surface area contributed by atoms with E-state index in [-0.39, 0.29) is 35.8 Å². The fourth-order valence-electron chi connectivity index (χ4n) is 3.39. The van der Waals surface area contributed by atoms with Crippen molar-refractivity contribution in [3.05, 3.63) is 0 Å². The van der Waals surface area contributed by atoms with Crippen molar-refractivity contribution in [3.8, 4) is 0 Å². The Kier molecular flexibility index (Phi) is 9.61. The van der Waals surface area contributed by atoms with E-state index in [0.29, 0.717) is 38.4 Å². The molecular weight excluding hydrogens is 419 g/mol. The van der Waals surface area contributed by atoms with Crippen molar-refractivity contribution in [2.24, 2.45) is 10.9 Å². The average molecular weight is 450 g/mol. The molecule has 2 N–H and O–H groups in total. The maximum absolute atomic E-state index is 11.8. The summed E-state index contributed by atoms with van der Waals surface area (Å²) in [5.41, 5.74) is 0. The number of carbonyl (C=O) groups excluding carboxylic acids is 2. The van der Waals surface area contributed by atoms with Crippen molar-refractivity contribution in [2.45, 2.75) is 64.8 Å². The minimum atomic E-state index is -0.0597. The second kappa shape index (κ2) is 10.9. The highest BCUT2D eigenvalue weighted by molar-refractivity contribution is 14.0. The summed E-state index contributed by atoms with van der Waals surface area (Å²) in [6, 6.07) is 0.467. The number of likely N-dealkylation sites (tertiary alicyclic amines) is 1. The molecule has 1 saturated carbocycles. The molecule has 138 valence electrons. The van der Waals surface area contributed by atoms with Gasteiger partial charge in [-0.15, -0.1) is 24.0 Å². The van der Waals surface area contributed by atoms with Crippen molar-refractivity contribution in [2.75, 3.05) is 19.6 Å². The van der Waals surface area contributed by atoms with Crippen LogP contribution in [0.4, 0.5) is 0 Å². The molecule has 1 saturated heterocycles. The van der Waals surface area contributed by atoms with Crippen LogP contribution in [0.1, 0.15) is 58.8 Å². The lowest BCUT2D eigenvalue weighted by atomic mass is 9.87. The Bertz CT molecular complexity index is 440. The van der Waals surface area contributed by atoms with Crippen molar-refractivity contribution in [3.63, 3.8) is 0 Å². The number of hydrogen-bond donors (Lipinski definition) is 2. The zero-order chi connectivity index (χ0) is 16.7. The van der Waals surface area contributed by atoms with Crippen molar-refractivity contribution in [1.29, 1.82) is 0 Å². The summed E-state index contributed by atoms with van der Waals surface area (Å²) in [4.78, 5) is 29.5. The molecule has 1 heterocycles. The fourth-order valence-corrected chi connectivity index (χ4v) is 3.39. The van der Waals surface area contributed by atoms with Crippen LogP contribution in [0.5, 0.6) is 0 Å². The SMILES string of the molecule is CCNC(=NCCN1C(=O)CCCC1=O)NC1CCCC(C)C1.I. The molecule has 1 aliphatic heterocycles. The molecule has 2 fully saturated rings. The van der Waals surface area contributed by atoms with E-state index in [2.05, 4.69) is 22.5 Å². The average Bonchev–Trinajstić information content (AvgIpc) is 2.50. The first-order valence-electron chi connectivity index (χ1n) is 8.98. The molecule has 2 amide bonds. The summed E-state index contributed by atoms with van der Waals surface area (Å²) in [6.07, 6.45) is 6.56. The Hall–Kier alpha value is -0.860. The van der Waals surface area contributed by atoms with E-state index < -0.39 is 0 Å². The van der Waals surface area contributed by atoms with E-state index in [4.69, 9.17) is 0 Å². The van der Waals surface area contributed by atoms with Crippen molar-refractivity contribution in [1.82, 2.24) is 15.5 Å². The maximum atomic E-state index is 11.8. The molecule has 7 heteroatoms. The van der Waals surface area contributed by atoms with Gasteiger partial charge in [0, 0.05) is 32.0 Å². The molecule has 0 aromatic rings. The van der Waals surface area contributed by atoms with Gasteiger partial charge in [-0.2, -0.15) is 0 Å². The highest BCUT2D eigenvalue weighted by Crippen LogP contribution is 2.23. The predicted octanol–water partition coefficient (Wildman–Crippen LogP) is 2.28. The van der Waals surface area contributed by atoms with Gasteiger partial charge in [0.15, 0.2) is 5.96 Å². The molecule has 2 aliphatic rings. The number of amides is 2. The lowest BCUT2D eigenvalue weighted by Crippen LogP contribution is -2.46. The summed E-state index contributed by atoms with van der Waals surface area (Å²) < 4.78 is 0. The molecule has 2 unspecified atom stereocenters. The van der Waals surface area contributed by atoms with Gasteiger partial charge in [0.05, 0.1) is 6.54 Å². The summed E-state index contributed by atoms with van der Waals surface area (Å²) in [5, 5.41) is 6.75. The number of carbonyl (C=O) groups is 2. The van der Waals surface area contributed by atoms with E-state index >= 15 is 0 Å². The van der Waals surface area contributed by atoms with E-state index in [9.17, 15) is 9.59 Å². The first-order chi connectivity index (χ1) is 11.1. The van der Waals surface area contributed by atoms with Gasteiger partial charge >= 0.3 is 0 Å². The van der Waals surface area contributed by atoms with E-state index in [1.54, 1.807) is 0 Å². The van der Waals surface area contributed by atoms with Gasteiger partial charge in [0.1, 0.15) is 0 Å². The van der Waals surface area contributed by atoms with E-state index in [1.165, 1.54) is 30.6 Å². The van der Waals surface area contributed by atoms with Crippen LogP contribution in [0, 0.1) is 5.92 Å². The first-order valence-corrected chi connectivity index (χ1v) is 8.98. The number of hydrogen-bond acceptors (Lipinski definition) is 3. The molecular formula is C17H31IN4O2. The molecule has 0 aromatic carbocycles. The van der Waals surface area contributed by atoms with E-state index in [0.717, 1.165) is 18.4 Å². The molecule has 0 spiro atoms.